The van der Waals surface area contributed by atoms with Crippen molar-refractivity contribution in [3.63, 3.8) is 0 Å². The number of barbiturate groups is 1. The second kappa shape index (κ2) is 7.06. The summed E-state index contributed by atoms with van der Waals surface area (Å²) in [5, 5.41) is 11.0. The number of imide groups is 2. The minimum atomic E-state index is -0.756. The second-order valence-electron chi connectivity index (χ2n) is 5.34. The van der Waals surface area contributed by atoms with Crippen LogP contribution >= 0.6 is 0 Å². The van der Waals surface area contributed by atoms with Gasteiger partial charge in [0.25, 0.3) is 11.8 Å². The molecular weight excluding hydrogens is 298 g/mol. The number of nitrogens with one attached hydrogen (secondary N) is 1. The molecule has 1 aromatic carbocycles. The van der Waals surface area contributed by atoms with Gasteiger partial charge in [-0.3, -0.25) is 19.8 Å². The van der Waals surface area contributed by atoms with Gasteiger partial charge < -0.3 is 10.0 Å². The molecule has 122 valence electrons. The predicted octanol–water partition coefficient (Wildman–Crippen LogP) is 0.597. The standard InChI is InChI=1S/C16H19N3O4/c1-18(2)12-6-4-11(5-7-12)10-13-14(21)17-16(23)19(15(13)22)8-3-9-20/h4-7,10,20H,3,8-9H2,1-2H3,(H,17,21,23)/b13-10-. The Bertz CT molecular complexity index is 650. The first kappa shape index (κ1) is 16.7. The smallest absolute Gasteiger partial charge is 0.331 e. The number of carbonyl (C=O) groups is 3. The first-order valence-electron chi connectivity index (χ1n) is 7.21. The van der Waals surface area contributed by atoms with Crippen molar-refractivity contribution in [3.05, 3.63) is 35.4 Å². The number of aliphatic hydroxyl groups is 1. The van der Waals surface area contributed by atoms with Gasteiger partial charge in [0.1, 0.15) is 5.57 Å². The quantitative estimate of drug-likeness (QED) is 0.613. The molecule has 7 nitrogen and oxygen atoms in total. The van der Waals surface area contributed by atoms with Gasteiger partial charge in [0.2, 0.25) is 0 Å². The van der Waals surface area contributed by atoms with E-state index in [9.17, 15) is 14.4 Å². The Labute approximate surface area is 134 Å². The molecule has 0 bridgehead atoms. The van der Waals surface area contributed by atoms with Crippen molar-refractivity contribution in [2.45, 2.75) is 6.42 Å². The number of nitrogens with zero attached hydrogens (tertiary/aromatic N) is 2. The van der Waals surface area contributed by atoms with Crippen molar-refractivity contribution in [2.75, 3.05) is 32.1 Å². The van der Waals surface area contributed by atoms with E-state index in [0.717, 1.165) is 10.6 Å². The summed E-state index contributed by atoms with van der Waals surface area (Å²) in [4.78, 5) is 38.8. The van der Waals surface area contributed by atoms with Gasteiger partial charge in [0.05, 0.1) is 0 Å². The van der Waals surface area contributed by atoms with Crippen LogP contribution in [0, 0.1) is 0 Å². The highest BCUT2D eigenvalue weighted by Crippen LogP contribution is 2.17. The number of hydrogen-bond acceptors (Lipinski definition) is 5. The normalized spacial score (nSPS) is 16.7. The van der Waals surface area contributed by atoms with Crippen LogP contribution in [-0.2, 0) is 9.59 Å². The molecule has 0 unspecified atom stereocenters. The summed E-state index contributed by atoms with van der Waals surface area (Å²) in [6.45, 7) is -0.0819. The zero-order valence-corrected chi connectivity index (χ0v) is 13.1. The van der Waals surface area contributed by atoms with Gasteiger partial charge in [-0.25, -0.2) is 4.79 Å². The van der Waals surface area contributed by atoms with Crippen molar-refractivity contribution in [2.24, 2.45) is 0 Å². The summed E-state index contributed by atoms with van der Waals surface area (Å²) in [6, 6.07) is 6.56. The number of rotatable bonds is 5. The number of anilines is 1. The van der Waals surface area contributed by atoms with E-state index in [2.05, 4.69) is 5.32 Å². The van der Waals surface area contributed by atoms with Crippen LogP contribution in [-0.4, -0.2) is 55.1 Å². The molecule has 1 aliphatic heterocycles. The van der Waals surface area contributed by atoms with Crippen LogP contribution in [0.3, 0.4) is 0 Å². The molecule has 0 atom stereocenters. The van der Waals surface area contributed by atoms with Crippen LogP contribution in [0.25, 0.3) is 6.08 Å². The van der Waals surface area contributed by atoms with E-state index in [1.165, 1.54) is 6.08 Å². The summed E-state index contributed by atoms with van der Waals surface area (Å²) in [6.07, 6.45) is 1.72. The molecular formula is C16H19N3O4. The fourth-order valence-corrected chi connectivity index (χ4v) is 2.16. The molecule has 23 heavy (non-hydrogen) atoms. The van der Waals surface area contributed by atoms with E-state index in [1.807, 2.05) is 31.1 Å². The molecule has 1 aliphatic rings. The van der Waals surface area contributed by atoms with Crippen LogP contribution < -0.4 is 10.2 Å². The summed E-state index contributed by atoms with van der Waals surface area (Å²) in [5.74, 6) is -1.36. The molecule has 1 saturated heterocycles. The number of aliphatic hydroxyl groups excluding tert-OH is 1. The SMILES string of the molecule is CN(C)c1ccc(/C=C2/C(=O)NC(=O)N(CCCO)C2=O)cc1. The number of urea groups is 1. The van der Waals surface area contributed by atoms with Crippen molar-refractivity contribution in [1.82, 2.24) is 10.2 Å². The second-order valence-corrected chi connectivity index (χ2v) is 5.34. The Hall–Kier alpha value is -2.67. The van der Waals surface area contributed by atoms with Gasteiger partial charge in [-0.15, -0.1) is 0 Å². The summed E-state index contributed by atoms with van der Waals surface area (Å²) >= 11 is 0. The fourth-order valence-electron chi connectivity index (χ4n) is 2.16. The monoisotopic (exact) mass is 317 g/mol. The third-order valence-electron chi connectivity index (χ3n) is 3.45. The predicted molar refractivity (Wildman–Crippen MR) is 85.7 cm³/mol. The van der Waals surface area contributed by atoms with Crippen LogP contribution in [0.15, 0.2) is 29.8 Å². The molecule has 2 N–H and O–H groups in total. The maximum atomic E-state index is 12.3. The van der Waals surface area contributed by atoms with Gasteiger partial charge in [0, 0.05) is 32.9 Å². The molecule has 4 amide bonds. The first-order valence-corrected chi connectivity index (χ1v) is 7.21. The molecule has 7 heteroatoms. The molecule has 1 aromatic rings. The van der Waals surface area contributed by atoms with Crippen molar-refractivity contribution in [3.8, 4) is 0 Å². The first-order chi connectivity index (χ1) is 10.9. The maximum Gasteiger partial charge on any atom is 0.331 e. The number of carbonyl (C=O) groups excluding carboxylic acids is 3. The third-order valence-corrected chi connectivity index (χ3v) is 3.45. The van der Waals surface area contributed by atoms with Crippen molar-refractivity contribution in [1.29, 1.82) is 0 Å². The topological polar surface area (TPSA) is 90.0 Å². The molecule has 0 saturated carbocycles. The zero-order valence-electron chi connectivity index (χ0n) is 13.1. The highest BCUT2D eigenvalue weighted by molar-refractivity contribution is 6.31. The molecule has 0 aliphatic carbocycles. The van der Waals surface area contributed by atoms with Crippen LogP contribution in [0.5, 0.6) is 0 Å². The van der Waals surface area contributed by atoms with Gasteiger partial charge in [-0.05, 0) is 30.2 Å². The Morgan fingerprint density at radius 1 is 1.17 bits per heavy atom. The van der Waals surface area contributed by atoms with Gasteiger partial charge >= 0.3 is 6.03 Å². The lowest BCUT2D eigenvalue weighted by molar-refractivity contribution is -0.130. The summed E-state index contributed by atoms with van der Waals surface area (Å²) in [5.41, 5.74) is 1.58. The highest BCUT2D eigenvalue weighted by atomic mass is 16.3. The Kier molecular flexibility index (Phi) is 5.13. The van der Waals surface area contributed by atoms with Gasteiger partial charge in [-0.2, -0.15) is 0 Å². The van der Waals surface area contributed by atoms with E-state index >= 15 is 0 Å². The fraction of sp³-hybridized carbons (Fsp3) is 0.312. The molecule has 1 heterocycles. The molecule has 0 radical (unpaired) electrons. The highest BCUT2D eigenvalue weighted by Gasteiger charge is 2.35. The average Bonchev–Trinajstić information content (AvgIpc) is 2.51. The number of amides is 4. The van der Waals surface area contributed by atoms with Crippen molar-refractivity contribution >= 4 is 29.6 Å². The Balaban J connectivity index is 2.26. The van der Waals surface area contributed by atoms with E-state index in [-0.39, 0.29) is 25.1 Å². The maximum absolute atomic E-state index is 12.3. The molecule has 0 spiro atoms. The summed E-state index contributed by atoms with van der Waals surface area (Å²) < 4.78 is 0. The number of hydrogen-bond donors (Lipinski definition) is 2. The van der Waals surface area contributed by atoms with Gasteiger partial charge in [-0.1, -0.05) is 12.1 Å². The lowest BCUT2D eigenvalue weighted by atomic mass is 10.1. The van der Waals surface area contributed by atoms with Crippen LogP contribution in [0.1, 0.15) is 12.0 Å². The largest absolute Gasteiger partial charge is 0.396 e. The minimum Gasteiger partial charge on any atom is -0.396 e. The molecule has 1 fully saturated rings. The van der Waals surface area contributed by atoms with E-state index in [0.29, 0.717) is 5.56 Å². The lowest BCUT2D eigenvalue weighted by Crippen LogP contribution is -2.54. The van der Waals surface area contributed by atoms with E-state index in [1.54, 1.807) is 12.1 Å². The van der Waals surface area contributed by atoms with Gasteiger partial charge in [0.15, 0.2) is 0 Å². The van der Waals surface area contributed by atoms with E-state index in [4.69, 9.17) is 5.11 Å². The van der Waals surface area contributed by atoms with Crippen LogP contribution in [0.4, 0.5) is 10.5 Å². The average molecular weight is 317 g/mol. The van der Waals surface area contributed by atoms with E-state index < -0.39 is 17.8 Å². The Morgan fingerprint density at radius 3 is 2.39 bits per heavy atom. The van der Waals surface area contributed by atoms with Crippen molar-refractivity contribution < 1.29 is 19.5 Å². The lowest BCUT2D eigenvalue weighted by Gasteiger charge is -2.26. The summed E-state index contributed by atoms with van der Waals surface area (Å²) in [7, 11) is 3.83. The number of benzene rings is 1. The van der Waals surface area contributed by atoms with Crippen LogP contribution in [0.2, 0.25) is 0 Å². The third kappa shape index (κ3) is 3.75. The molecule has 2 rings (SSSR count). The molecule has 0 aromatic heterocycles. The minimum absolute atomic E-state index is 0.0609. The Morgan fingerprint density at radius 2 is 1.83 bits per heavy atom. The zero-order chi connectivity index (χ0) is 17.0.